The number of fused-ring (bicyclic) bond motifs is 5. The molecule has 0 aromatic heterocycles. The summed E-state index contributed by atoms with van der Waals surface area (Å²) < 4.78 is 5.01. The molecular weight excluding hydrogens is 338 g/mol. The van der Waals surface area contributed by atoms with Crippen LogP contribution in [-0.4, -0.2) is 19.2 Å². The van der Waals surface area contributed by atoms with E-state index in [-0.39, 0.29) is 5.97 Å². The van der Waals surface area contributed by atoms with Crippen LogP contribution in [-0.2, 0) is 19.9 Å². The van der Waals surface area contributed by atoms with Crippen LogP contribution in [0.15, 0.2) is 78.9 Å². The van der Waals surface area contributed by atoms with Crippen molar-refractivity contribution >= 4 is 11.7 Å². The average molecular weight is 357 g/mol. The number of methoxy groups -OCH3 is 1. The molecule has 0 saturated carbocycles. The molecule has 2 aliphatic rings. The zero-order chi connectivity index (χ0) is 18.4. The van der Waals surface area contributed by atoms with Crippen molar-refractivity contribution < 1.29 is 14.4 Å². The predicted molar refractivity (Wildman–Crippen MR) is 103 cm³/mol. The van der Waals surface area contributed by atoms with Gasteiger partial charge in [-0.05, 0) is 34.4 Å². The van der Waals surface area contributed by atoms with Crippen LogP contribution < -0.4 is 5.06 Å². The molecule has 0 amide bonds. The molecule has 0 bridgehead atoms. The first-order chi connectivity index (χ1) is 13.3. The number of hydroxylamine groups is 1. The highest BCUT2D eigenvalue weighted by molar-refractivity contribution is 5.85. The number of esters is 1. The molecule has 1 aliphatic heterocycles. The van der Waals surface area contributed by atoms with Crippen molar-refractivity contribution in [1.29, 1.82) is 0 Å². The first-order valence-electron chi connectivity index (χ1n) is 9.05. The molecule has 3 aromatic rings. The lowest BCUT2D eigenvalue weighted by Crippen LogP contribution is -2.40. The molecule has 0 N–H and O–H groups in total. The van der Waals surface area contributed by atoms with E-state index in [9.17, 15) is 4.79 Å². The lowest BCUT2D eigenvalue weighted by molar-refractivity contribution is -0.151. The number of anilines is 1. The number of rotatable bonds is 2. The van der Waals surface area contributed by atoms with Crippen LogP contribution in [0.25, 0.3) is 11.1 Å². The number of para-hydroxylation sites is 1. The summed E-state index contributed by atoms with van der Waals surface area (Å²) >= 11 is 0. The van der Waals surface area contributed by atoms with E-state index in [1.165, 1.54) is 18.2 Å². The van der Waals surface area contributed by atoms with Gasteiger partial charge in [0, 0.05) is 6.42 Å². The molecule has 1 fully saturated rings. The van der Waals surface area contributed by atoms with Crippen molar-refractivity contribution in [3.8, 4) is 11.1 Å². The monoisotopic (exact) mass is 357 g/mol. The van der Waals surface area contributed by atoms with Crippen LogP contribution in [0, 0.1) is 0 Å². The maximum absolute atomic E-state index is 12.4. The van der Waals surface area contributed by atoms with Gasteiger partial charge in [0.2, 0.25) is 0 Å². The molecule has 1 aliphatic carbocycles. The highest BCUT2D eigenvalue weighted by atomic mass is 16.7. The van der Waals surface area contributed by atoms with Gasteiger partial charge in [-0.3, -0.25) is 4.84 Å². The molecule has 0 radical (unpaired) electrons. The van der Waals surface area contributed by atoms with Crippen molar-refractivity contribution in [2.45, 2.75) is 18.1 Å². The second-order valence-corrected chi connectivity index (χ2v) is 6.90. The molecule has 27 heavy (non-hydrogen) atoms. The van der Waals surface area contributed by atoms with E-state index < -0.39 is 11.6 Å². The summed E-state index contributed by atoms with van der Waals surface area (Å²) in [5.74, 6) is -0.352. The van der Waals surface area contributed by atoms with Gasteiger partial charge in [-0.1, -0.05) is 66.7 Å². The third-order valence-electron chi connectivity index (χ3n) is 5.55. The Balaban J connectivity index is 1.78. The topological polar surface area (TPSA) is 38.8 Å². The normalized spacial score (nSPS) is 19.0. The van der Waals surface area contributed by atoms with Crippen LogP contribution in [0.5, 0.6) is 0 Å². The van der Waals surface area contributed by atoms with Crippen molar-refractivity contribution in [3.05, 3.63) is 90.0 Å². The quantitative estimate of drug-likeness (QED) is 0.641. The molecule has 1 atom stereocenters. The molecule has 1 spiro atoms. The Kier molecular flexibility index (Phi) is 3.55. The SMILES string of the molecule is COC(=O)C1CC2(c3ccccc3-c3ccccc32)N(c2ccccc2)O1. The molecular formula is C23H19NO3. The fourth-order valence-electron chi connectivity index (χ4n) is 4.45. The Morgan fingerprint density at radius 1 is 0.926 bits per heavy atom. The van der Waals surface area contributed by atoms with Gasteiger partial charge in [0.25, 0.3) is 0 Å². The van der Waals surface area contributed by atoms with E-state index >= 15 is 0 Å². The summed E-state index contributed by atoms with van der Waals surface area (Å²) in [5, 5.41) is 1.90. The fourth-order valence-corrected chi connectivity index (χ4v) is 4.45. The van der Waals surface area contributed by atoms with Gasteiger partial charge >= 0.3 is 5.97 Å². The number of nitrogens with zero attached hydrogens (tertiary/aromatic N) is 1. The van der Waals surface area contributed by atoms with E-state index in [0.717, 1.165) is 16.8 Å². The molecule has 134 valence electrons. The van der Waals surface area contributed by atoms with E-state index in [2.05, 4.69) is 36.4 Å². The minimum Gasteiger partial charge on any atom is -0.467 e. The number of hydrogen-bond donors (Lipinski definition) is 0. The first kappa shape index (κ1) is 16.1. The molecule has 3 aromatic carbocycles. The third-order valence-corrected chi connectivity index (χ3v) is 5.55. The second kappa shape index (κ2) is 5.96. The van der Waals surface area contributed by atoms with E-state index in [4.69, 9.17) is 9.57 Å². The lowest BCUT2D eigenvalue weighted by Gasteiger charge is -2.36. The van der Waals surface area contributed by atoms with Gasteiger partial charge in [0.1, 0.15) is 5.54 Å². The van der Waals surface area contributed by atoms with Crippen molar-refractivity contribution in [3.63, 3.8) is 0 Å². The van der Waals surface area contributed by atoms with Crippen LogP contribution in [0.2, 0.25) is 0 Å². The summed E-state index contributed by atoms with van der Waals surface area (Å²) in [6.45, 7) is 0. The fraction of sp³-hybridized carbons (Fsp3) is 0.174. The zero-order valence-corrected chi connectivity index (χ0v) is 15.0. The van der Waals surface area contributed by atoms with Crippen molar-refractivity contribution in [1.82, 2.24) is 0 Å². The summed E-state index contributed by atoms with van der Waals surface area (Å²) in [6, 6.07) is 26.7. The summed E-state index contributed by atoms with van der Waals surface area (Å²) in [7, 11) is 1.40. The van der Waals surface area contributed by atoms with Crippen LogP contribution in [0.1, 0.15) is 17.5 Å². The number of carbonyl (C=O) groups excluding carboxylic acids is 1. The molecule has 4 nitrogen and oxygen atoms in total. The molecule has 1 saturated heterocycles. The smallest absolute Gasteiger partial charge is 0.337 e. The highest BCUT2D eigenvalue weighted by Crippen LogP contribution is 2.57. The summed E-state index contributed by atoms with van der Waals surface area (Å²) in [5.41, 5.74) is 5.03. The largest absolute Gasteiger partial charge is 0.467 e. The Hall–Kier alpha value is -3.11. The van der Waals surface area contributed by atoms with Crippen LogP contribution in [0.3, 0.4) is 0 Å². The van der Waals surface area contributed by atoms with Crippen molar-refractivity contribution in [2.24, 2.45) is 0 Å². The number of ether oxygens (including phenoxy) is 1. The summed E-state index contributed by atoms with van der Waals surface area (Å²) in [4.78, 5) is 18.6. The molecule has 1 unspecified atom stereocenters. The summed E-state index contributed by atoms with van der Waals surface area (Å²) in [6.07, 6.45) is -0.155. The van der Waals surface area contributed by atoms with Crippen molar-refractivity contribution in [2.75, 3.05) is 12.2 Å². The Morgan fingerprint density at radius 3 is 2.07 bits per heavy atom. The maximum Gasteiger partial charge on any atom is 0.337 e. The average Bonchev–Trinajstić information content (AvgIpc) is 3.27. The predicted octanol–water partition coefficient (Wildman–Crippen LogP) is 4.29. The number of benzene rings is 3. The van der Waals surface area contributed by atoms with E-state index in [1.54, 1.807) is 0 Å². The Labute approximate surface area is 157 Å². The number of hydrogen-bond acceptors (Lipinski definition) is 4. The van der Waals surface area contributed by atoms with Gasteiger partial charge in [-0.15, -0.1) is 0 Å². The minimum atomic E-state index is -0.658. The van der Waals surface area contributed by atoms with Gasteiger partial charge in [-0.2, -0.15) is 0 Å². The van der Waals surface area contributed by atoms with E-state index in [0.29, 0.717) is 6.42 Å². The first-order valence-corrected chi connectivity index (χ1v) is 9.05. The standard InChI is InChI=1S/C23H19NO3/c1-26-22(25)21-15-23(24(27-21)16-9-3-2-4-10-16)19-13-7-5-11-17(19)18-12-6-8-14-20(18)23/h2-14,21H,15H2,1H3. The third kappa shape index (κ3) is 2.17. The van der Waals surface area contributed by atoms with Gasteiger partial charge < -0.3 is 4.74 Å². The van der Waals surface area contributed by atoms with Crippen LogP contribution in [0.4, 0.5) is 5.69 Å². The van der Waals surface area contributed by atoms with E-state index in [1.807, 2.05) is 47.5 Å². The highest BCUT2D eigenvalue weighted by Gasteiger charge is 2.56. The van der Waals surface area contributed by atoms with Crippen LogP contribution >= 0.6 is 0 Å². The Morgan fingerprint density at radius 2 is 1.48 bits per heavy atom. The maximum atomic E-state index is 12.4. The molecule has 1 heterocycles. The van der Waals surface area contributed by atoms with Gasteiger partial charge in [-0.25, -0.2) is 9.86 Å². The van der Waals surface area contributed by atoms with Gasteiger partial charge in [0.15, 0.2) is 6.10 Å². The molecule has 5 rings (SSSR count). The Bertz CT molecular complexity index is 969. The second-order valence-electron chi connectivity index (χ2n) is 6.90. The number of carbonyl (C=O) groups is 1. The minimum absolute atomic E-state index is 0.352. The zero-order valence-electron chi connectivity index (χ0n) is 15.0. The van der Waals surface area contributed by atoms with Gasteiger partial charge in [0.05, 0.1) is 12.8 Å². The lowest BCUT2D eigenvalue weighted by atomic mass is 9.82. The molecule has 4 heteroatoms.